The van der Waals surface area contributed by atoms with E-state index in [4.69, 9.17) is 0 Å². The number of non-ortho nitro benzene ring substituents is 1. The molecule has 1 amide bonds. The van der Waals surface area contributed by atoms with Gasteiger partial charge in [0.2, 0.25) is 5.91 Å². The molecule has 0 aromatic heterocycles. The van der Waals surface area contributed by atoms with Crippen LogP contribution in [0, 0.1) is 16.0 Å². The highest BCUT2D eigenvalue weighted by molar-refractivity contribution is 5.99. The highest BCUT2D eigenvalue weighted by Crippen LogP contribution is 2.13. The molecule has 1 aromatic rings. The van der Waals surface area contributed by atoms with E-state index >= 15 is 0 Å². The standard InChI is InChI=1S/C12H15N3O3/c1-8(2)12(16)14-13-9(3)10-5-4-6-11(7-10)15(17)18/h4-8H,1-3H3,(H,14,16)/b13-9-. The molecule has 0 atom stereocenters. The maximum atomic E-state index is 11.3. The number of nitro benzene ring substituents is 1. The van der Waals surface area contributed by atoms with Crippen molar-refractivity contribution in [1.29, 1.82) is 0 Å². The number of carbonyl (C=O) groups is 1. The maximum absolute atomic E-state index is 11.3. The minimum absolute atomic E-state index is 0.00256. The molecule has 0 saturated heterocycles. The van der Waals surface area contributed by atoms with Crippen LogP contribution in [0.3, 0.4) is 0 Å². The molecular weight excluding hydrogens is 234 g/mol. The van der Waals surface area contributed by atoms with Gasteiger partial charge in [-0.05, 0) is 6.92 Å². The second-order valence-electron chi connectivity index (χ2n) is 4.14. The van der Waals surface area contributed by atoms with Gasteiger partial charge in [-0.1, -0.05) is 26.0 Å². The summed E-state index contributed by atoms with van der Waals surface area (Å²) in [6, 6.07) is 6.11. The Morgan fingerprint density at radius 1 is 1.44 bits per heavy atom. The van der Waals surface area contributed by atoms with Crippen molar-refractivity contribution in [2.75, 3.05) is 0 Å². The molecule has 1 rings (SSSR count). The Morgan fingerprint density at radius 3 is 2.67 bits per heavy atom. The van der Waals surface area contributed by atoms with Crippen molar-refractivity contribution in [2.45, 2.75) is 20.8 Å². The Kier molecular flexibility index (Phi) is 4.53. The van der Waals surface area contributed by atoms with E-state index in [1.165, 1.54) is 12.1 Å². The summed E-state index contributed by atoms with van der Waals surface area (Å²) in [6.45, 7) is 5.20. The summed E-state index contributed by atoms with van der Waals surface area (Å²) in [5.74, 6) is -0.355. The number of rotatable bonds is 4. The number of benzene rings is 1. The Labute approximate surface area is 105 Å². The van der Waals surface area contributed by atoms with Crippen LogP contribution in [0.25, 0.3) is 0 Å². The quantitative estimate of drug-likeness (QED) is 0.503. The van der Waals surface area contributed by atoms with Gasteiger partial charge < -0.3 is 0 Å². The summed E-state index contributed by atoms with van der Waals surface area (Å²) >= 11 is 0. The van der Waals surface area contributed by atoms with E-state index in [0.717, 1.165) is 0 Å². The van der Waals surface area contributed by atoms with E-state index in [0.29, 0.717) is 11.3 Å². The van der Waals surface area contributed by atoms with Gasteiger partial charge in [0, 0.05) is 23.6 Å². The van der Waals surface area contributed by atoms with Crippen molar-refractivity contribution < 1.29 is 9.72 Å². The third kappa shape index (κ3) is 3.65. The van der Waals surface area contributed by atoms with Gasteiger partial charge >= 0.3 is 0 Å². The molecule has 6 nitrogen and oxygen atoms in total. The number of nitro groups is 1. The van der Waals surface area contributed by atoms with Gasteiger partial charge in [-0.2, -0.15) is 5.10 Å². The van der Waals surface area contributed by atoms with Gasteiger partial charge in [0.25, 0.3) is 5.69 Å². The predicted molar refractivity (Wildman–Crippen MR) is 68.3 cm³/mol. The zero-order valence-corrected chi connectivity index (χ0v) is 10.5. The molecule has 0 aliphatic rings. The van der Waals surface area contributed by atoms with E-state index in [9.17, 15) is 14.9 Å². The SMILES string of the molecule is C/C(=N/NC(=O)C(C)C)c1cccc([N+](=O)[O-])c1. The smallest absolute Gasteiger partial charge is 0.270 e. The third-order valence-electron chi connectivity index (χ3n) is 2.33. The summed E-state index contributed by atoms with van der Waals surface area (Å²) < 4.78 is 0. The van der Waals surface area contributed by atoms with E-state index in [-0.39, 0.29) is 17.5 Å². The molecule has 0 fully saturated rings. The van der Waals surface area contributed by atoms with Crippen molar-refractivity contribution >= 4 is 17.3 Å². The number of hydrazone groups is 1. The van der Waals surface area contributed by atoms with Gasteiger partial charge in [0.05, 0.1) is 10.6 Å². The summed E-state index contributed by atoms with van der Waals surface area (Å²) in [4.78, 5) is 21.5. The fourth-order valence-corrected chi connectivity index (χ4v) is 1.18. The van der Waals surface area contributed by atoms with Crippen molar-refractivity contribution in [3.63, 3.8) is 0 Å². The minimum Gasteiger partial charge on any atom is -0.273 e. The molecule has 1 N–H and O–H groups in total. The molecule has 1 aromatic carbocycles. The van der Waals surface area contributed by atoms with Crippen LogP contribution in [0.2, 0.25) is 0 Å². The number of hydrogen-bond acceptors (Lipinski definition) is 4. The molecule has 6 heteroatoms. The van der Waals surface area contributed by atoms with Crippen LogP contribution < -0.4 is 5.43 Å². The number of amides is 1. The molecule has 96 valence electrons. The zero-order valence-electron chi connectivity index (χ0n) is 10.5. The average Bonchev–Trinajstić information content (AvgIpc) is 2.35. The summed E-state index contributed by atoms with van der Waals surface area (Å²) in [5, 5.41) is 14.5. The second-order valence-corrected chi connectivity index (χ2v) is 4.14. The van der Waals surface area contributed by atoms with E-state index in [1.54, 1.807) is 32.9 Å². The van der Waals surface area contributed by atoms with Gasteiger partial charge in [0.1, 0.15) is 0 Å². The molecular formula is C12H15N3O3. The van der Waals surface area contributed by atoms with Crippen LogP contribution in [-0.4, -0.2) is 16.5 Å². The predicted octanol–water partition coefficient (Wildman–Crippen LogP) is 2.09. The van der Waals surface area contributed by atoms with E-state index < -0.39 is 4.92 Å². The van der Waals surface area contributed by atoms with Crippen molar-refractivity contribution in [3.05, 3.63) is 39.9 Å². The number of nitrogens with zero attached hydrogens (tertiary/aromatic N) is 2. The lowest BCUT2D eigenvalue weighted by atomic mass is 10.1. The first-order valence-electron chi connectivity index (χ1n) is 5.50. The number of nitrogens with one attached hydrogen (secondary N) is 1. The lowest BCUT2D eigenvalue weighted by Crippen LogP contribution is -2.24. The Hall–Kier alpha value is -2.24. The Bertz CT molecular complexity index is 495. The van der Waals surface area contributed by atoms with Crippen LogP contribution in [-0.2, 0) is 4.79 Å². The first kappa shape index (κ1) is 13.8. The molecule has 0 bridgehead atoms. The highest BCUT2D eigenvalue weighted by atomic mass is 16.6. The molecule has 0 aliphatic heterocycles. The molecule has 0 saturated carbocycles. The topological polar surface area (TPSA) is 84.6 Å². The molecule has 0 spiro atoms. The van der Waals surface area contributed by atoms with Crippen LogP contribution in [0.5, 0.6) is 0 Å². The minimum atomic E-state index is -0.469. The molecule has 0 unspecified atom stereocenters. The molecule has 0 heterocycles. The average molecular weight is 249 g/mol. The molecule has 18 heavy (non-hydrogen) atoms. The largest absolute Gasteiger partial charge is 0.273 e. The summed E-state index contributed by atoms with van der Waals surface area (Å²) in [7, 11) is 0. The fraction of sp³-hybridized carbons (Fsp3) is 0.333. The molecule has 0 aliphatic carbocycles. The van der Waals surface area contributed by atoms with Gasteiger partial charge in [-0.15, -0.1) is 0 Å². The monoisotopic (exact) mass is 249 g/mol. The van der Waals surface area contributed by atoms with Crippen LogP contribution in [0.15, 0.2) is 29.4 Å². The van der Waals surface area contributed by atoms with E-state index in [2.05, 4.69) is 10.5 Å². The number of carbonyl (C=O) groups excluding carboxylic acids is 1. The van der Waals surface area contributed by atoms with Crippen molar-refractivity contribution in [1.82, 2.24) is 5.43 Å². The van der Waals surface area contributed by atoms with Crippen LogP contribution in [0.4, 0.5) is 5.69 Å². The first-order chi connectivity index (χ1) is 8.41. The lowest BCUT2D eigenvalue weighted by Gasteiger charge is -2.04. The summed E-state index contributed by atoms with van der Waals surface area (Å²) in [5.41, 5.74) is 3.53. The summed E-state index contributed by atoms with van der Waals surface area (Å²) in [6.07, 6.45) is 0. The zero-order chi connectivity index (χ0) is 13.7. The second kappa shape index (κ2) is 5.90. The normalized spacial score (nSPS) is 11.4. The van der Waals surface area contributed by atoms with Crippen molar-refractivity contribution in [3.8, 4) is 0 Å². The Balaban J connectivity index is 2.86. The van der Waals surface area contributed by atoms with Gasteiger partial charge in [-0.3, -0.25) is 14.9 Å². The van der Waals surface area contributed by atoms with Gasteiger partial charge in [0.15, 0.2) is 0 Å². The number of hydrogen-bond donors (Lipinski definition) is 1. The third-order valence-corrected chi connectivity index (χ3v) is 2.33. The first-order valence-corrected chi connectivity index (χ1v) is 5.50. The van der Waals surface area contributed by atoms with Crippen molar-refractivity contribution in [2.24, 2.45) is 11.0 Å². The fourth-order valence-electron chi connectivity index (χ4n) is 1.18. The maximum Gasteiger partial charge on any atom is 0.270 e. The van der Waals surface area contributed by atoms with Crippen LogP contribution in [0.1, 0.15) is 26.3 Å². The Morgan fingerprint density at radius 2 is 2.11 bits per heavy atom. The van der Waals surface area contributed by atoms with Crippen LogP contribution >= 0.6 is 0 Å². The molecule has 0 radical (unpaired) electrons. The lowest BCUT2D eigenvalue weighted by molar-refractivity contribution is -0.384. The van der Waals surface area contributed by atoms with Gasteiger partial charge in [-0.25, -0.2) is 5.43 Å². The van der Waals surface area contributed by atoms with E-state index in [1.807, 2.05) is 0 Å². The highest BCUT2D eigenvalue weighted by Gasteiger charge is 2.08.